The van der Waals surface area contributed by atoms with Crippen LogP contribution in [0.3, 0.4) is 0 Å². The van der Waals surface area contributed by atoms with Gasteiger partial charge in [-0.15, -0.1) is 0 Å². The number of rotatable bonds is 62. The van der Waals surface area contributed by atoms with Crippen molar-refractivity contribution in [2.75, 3.05) is 46.2 Å². The summed E-state index contributed by atoms with van der Waals surface area (Å²) in [4.78, 5) is 51.7. The lowest BCUT2D eigenvalue weighted by Crippen LogP contribution is -2.70. The van der Waals surface area contributed by atoms with Gasteiger partial charge in [0.25, 0.3) is 5.79 Å². The predicted molar refractivity (Wildman–Crippen MR) is 448 cm³/mol. The smallest absolute Gasteiger partial charge is 0.364 e. The van der Waals surface area contributed by atoms with Crippen LogP contribution >= 0.6 is 0 Å². The summed E-state index contributed by atoms with van der Waals surface area (Å²) in [6.07, 6.45) is -13.0. The lowest BCUT2D eigenvalue weighted by atomic mass is 9.88. The Bertz CT molecular complexity index is 3030. The molecule has 39 heteroatoms. The number of hydrogen-bond donors (Lipinski definition) is 23. The second-order valence-electron chi connectivity index (χ2n) is 34.6. The van der Waals surface area contributed by atoms with E-state index in [1.54, 1.807) is 6.08 Å². The molecule has 6 saturated heterocycles. The molecule has 0 aromatic heterocycles. The third-order valence-corrected chi connectivity index (χ3v) is 24.4. The number of aliphatic carboxylic acids is 1. The summed E-state index contributed by atoms with van der Waals surface area (Å²) in [5.74, 6) is -7.11. The number of hydrogen-bond acceptors (Lipinski definition) is 35. The molecule has 0 aliphatic carbocycles. The maximum absolute atomic E-state index is 13.6. The highest BCUT2D eigenvalue weighted by atomic mass is 16.8. The van der Waals surface area contributed by atoms with E-state index in [1.807, 2.05) is 6.08 Å². The number of carboxylic acid groups (broad SMARTS) is 1. The number of carbonyl (C=O) groups is 4. The van der Waals surface area contributed by atoms with E-state index < -0.39 is 272 Å². The topological polar surface area (TPSA) is 620 Å². The molecule has 6 rings (SSSR count). The molecule has 0 radical (unpaired) electrons. The van der Waals surface area contributed by atoms with Crippen LogP contribution in [0.1, 0.15) is 252 Å². The SMILES string of the molecule is CCCCCCCC/C=C\CCCCCCCCCCCCCCCC(=O)N[C@@H](CO[C@@H]1OC(CO)[C@@H](O[C@@H]2OC(CO)[C@H](O[C@@H]3OC(CO)[C@H](O)[C@H](O[C@@H]4OC(CO)[C@H](O)[C@H](O[C@@H]5OC(CO[C@]6(C(=O)O)CC(O)[C@@H](NC(C)=O)C([C@H](O)[C@H](O)CO)O6)[C@H](O)[C@H](O)C5O)C4NC(C)=O)C3O)[C@H](O)C2O)[C@H](O)C1O)[C@H](O)/C=C/CCCCCCCCCCCCC. The minimum atomic E-state index is -3.03. The van der Waals surface area contributed by atoms with E-state index in [-0.39, 0.29) is 12.3 Å². The summed E-state index contributed by atoms with van der Waals surface area (Å²) in [7, 11) is 0. The monoisotopic (exact) mass is 1820 g/mol. The van der Waals surface area contributed by atoms with Crippen LogP contribution in [0.15, 0.2) is 24.3 Å². The van der Waals surface area contributed by atoms with Gasteiger partial charge in [0, 0.05) is 26.7 Å². The number of ether oxygens (including phenoxy) is 12. The predicted octanol–water partition coefficient (Wildman–Crippen LogP) is -0.321. The van der Waals surface area contributed by atoms with Gasteiger partial charge in [0.2, 0.25) is 17.7 Å². The van der Waals surface area contributed by atoms with Crippen LogP contribution in [0.4, 0.5) is 0 Å². The van der Waals surface area contributed by atoms with Crippen LogP contribution in [0, 0.1) is 0 Å². The van der Waals surface area contributed by atoms with Gasteiger partial charge in [-0.3, -0.25) is 14.4 Å². The fourth-order valence-corrected chi connectivity index (χ4v) is 16.8. The van der Waals surface area contributed by atoms with Crippen molar-refractivity contribution in [3.63, 3.8) is 0 Å². The van der Waals surface area contributed by atoms with Crippen LogP contribution in [-0.2, 0) is 76.0 Å². The number of aliphatic hydroxyl groups is 19. The number of unbranched alkanes of at least 4 members (excludes halogenated alkanes) is 30. The van der Waals surface area contributed by atoms with E-state index >= 15 is 0 Å². The number of allylic oxidation sites excluding steroid dienone is 3. The van der Waals surface area contributed by atoms with Gasteiger partial charge in [0.05, 0.1) is 70.5 Å². The van der Waals surface area contributed by atoms with Crippen molar-refractivity contribution in [2.24, 2.45) is 0 Å². The van der Waals surface area contributed by atoms with E-state index in [0.717, 1.165) is 65.2 Å². The van der Waals surface area contributed by atoms with Crippen LogP contribution in [0.5, 0.6) is 0 Å². The highest BCUT2D eigenvalue weighted by Gasteiger charge is 2.60. The van der Waals surface area contributed by atoms with E-state index in [9.17, 15) is 121 Å². The molecule has 0 aromatic carbocycles. The average molecular weight is 1820 g/mol. The molecule has 6 heterocycles. The lowest BCUT2D eigenvalue weighted by Gasteiger charge is -2.50. The Balaban J connectivity index is 1.05. The molecule has 6 aliphatic heterocycles. The molecule has 0 saturated carbocycles. The van der Waals surface area contributed by atoms with Gasteiger partial charge in [-0.1, -0.05) is 205 Å². The highest BCUT2D eigenvalue weighted by Crippen LogP contribution is 2.39. The van der Waals surface area contributed by atoms with Crippen molar-refractivity contribution in [1.29, 1.82) is 0 Å². The molecule has 6 aliphatic rings. The van der Waals surface area contributed by atoms with Gasteiger partial charge < -0.3 is 175 Å². The maximum atomic E-state index is 13.6. The first kappa shape index (κ1) is 111. The molecule has 126 heavy (non-hydrogen) atoms. The van der Waals surface area contributed by atoms with Crippen LogP contribution < -0.4 is 16.0 Å². The summed E-state index contributed by atoms with van der Waals surface area (Å²) in [6, 6.07) is -4.61. The molecule has 0 aromatic rings. The number of amides is 3. The molecular weight excluding hydrogens is 1660 g/mol. The molecule has 6 fully saturated rings. The fourth-order valence-electron chi connectivity index (χ4n) is 16.8. The lowest BCUT2D eigenvalue weighted by molar-refractivity contribution is -0.389. The molecule has 0 spiro atoms. The van der Waals surface area contributed by atoms with Crippen molar-refractivity contribution >= 4 is 23.7 Å². The van der Waals surface area contributed by atoms with Crippen molar-refractivity contribution in [3.8, 4) is 0 Å². The van der Waals surface area contributed by atoms with Gasteiger partial charge in [-0.2, -0.15) is 0 Å². The van der Waals surface area contributed by atoms with Crippen LogP contribution in [-0.4, -0.2) is 374 Å². The Morgan fingerprint density at radius 3 is 1.28 bits per heavy atom. The summed E-state index contributed by atoms with van der Waals surface area (Å²) in [5.41, 5.74) is 0. The number of carboxylic acids is 1. The summed E-state index contributed by atoms with van der Waals surface area (Å²) < 4.78 is 70.4. The van der Waals surface area contributed by atoms with E-state index in [0.29, 0.717) is 12.8 Å². The van der Waals surface area contributed by atoms with Crippen molar-refractivity contribution in [2.45, 2.75) is 454 Å². The van der Waals surface area contributed by atoms with Gasteiger partial charge in [0.15, 0.2) is 31.5 Å². The second-order valence-corrected chi connectivity index (χ2v) is 34.6. The number of carbonyl (C=O) groups excluding carboxylic acids is 3. The molecule has 0 bridgehead atoms. The summed E-state index contributed by atoms with van der Waals surface area (Å²) in [5, 5.41) is 230. The second kappa shape index (κ2) is 59.7. The Hall–Kier alpha value is -3.88. The molecule has 39 nitrogen and oxygen atoms in total. The fraction of sp³-hybridized carbons (Fsp3) is 0.908. The molecule has 33 atom stereocenters. The largest absolute Gasteiger partial charge is 0.477 e. The minimum absolute atomic E-state index is 0.167. The van der Waals surface area contributed by atoms with Crippen LogP contribution in [0.25, 0.3) is 0 Å². The minimum Gasteiger partial charge on any atom is -0.477 e. The highest BCUT2D eigenvalue weighted by molar-refractivity contribution is 5.77. The zero-order chi connectivity index (χ0) is 92.4. The maximum Gasteiger partial charge on any atom is 0.364 e. The first-order valence-electron chi connectivity index (χ1n) is 46.2. The molecule has 3 amide bonds. The van der Waals surface area contributed by atoms with E-state index in [2.05, 4.69) is 41.9 Å². The Kier molecular flexibility index (Phi) is 52.5. The van der Waals surface area contributed by atoms with Crippen LogP contribution in [0.2, 0.25) is 0 Å². The summed E-state index contributed by atoms with van der Waals surface area (Å²) >= 11 is 0. The van der Waals surface area contributed by atoms with Crippen molar-refractivity contribution < 1.29 is 178 Å². The average Bonchev–Trinajstić information content (AvgIpc) is 0.751. The third kappa shape index (κ3) is 34.9. The first-order valence-corrected chi connectivity index (χ1v) is 46.2. The molecule has 734 valence electrons. The van der Waals surface area contributed by atoms with E-state index in [4.69, 9.17) is 56.8 Å². The van der Waals surface area contributed by atoms with Gasteiger partial charge in [0.1, 0.15) is 140 Å². The van der Waals surface area contributed by atoms with Crippen molar-refractivity contribution in [3.05, 3.63) is 24.3 Å². The molecular formula is C87H155N3O36. The standard InChI is InChI=1S/C87H155N3O36/c1-5-7-9-11-13-15-17-19-20-21-22-23-24-25-26-27-28-30-32-34-36-38-40-42-62(101)90-53(54(98)41-39-37-35-33-31-29-18-16-14-12-10-8-6-2)49-115-82-73(110)70(107)76(59(47-94)119-82)122-84-74(111)71(108)77(60(48-95)120-84)123-85-75(112)80(68(105)58(46-93)118-85)125-81-64(89-52(4)97)78(67(104)57(45-92)117-81)124-83-72(109)69(106)66(103)61(121-83)50-116-87(86(113)114)43-55(99)63(88-51(3)96)79(126-87)65(102)56(100)44-91/h19-20,39,41,53-61,63-85,91-95,98-100,102-112H,5-18,21-38,40,42-50H2,1-4H3,(H,88,96)(H,89,97)(H,90,101)(H,113,114)/b20-19-,41-39+/t53-,54+,55?,56+,57?,58?,59?,60?,61?,63+,64?,65+,66-,67-,68-,69-,70+,71+,72?,73?,74?,75?,76+,77-,78+,79?,80-,81-,82+,83-,84-,85-,87+/m0/s1. The third-order valence-electron chi connectivity index (χ3n) is 24.4. The zero-order valence-corrected chi connectivity index (χ0v) is 74.0. The Morgan fingerprint density at radius 2 is 0.810 bits per heavy atom. The van der Waals surface area contributed by atoms with Crippen molar-refractivity contribution in [1.82, 2.24) is 16.0 Å². The Morgan fingerprint density at radius 1 is 0.421 bits per heavy atom. The molecule has 23 N–H and O–H groups in total. The quantitative estimate of drug-likeness (QED) is 0.0274. The zero-order valence-electron chi connectivity index (χ0n) is 74.0. The van der Waals surface area contributed by atoms with Gasteiger partial charge in [-0.25, -0.2) is 4.79 Å². The molecule has 12 unspecified atom stereocenters. The van der Waals surface area contributed by atoms with Gasteiger partial charge >= 0.3 is 5.97 Å². The first-order chi connectivity index (χ1) is 60.5. The van der Waals surface area contributed by atoms with Gasteiger partial charge in [-0.05, 0) is 44.9 Å². The summed E-state index contributed by atoms with van der Waals surface area (Å²) in [6.45, 7) is -0.528. The number of aliphatic hydroxyl groups excluding tert-OH is 19. The van der Waals surface area contributed by atoms with E-state index in [1.165, 1.54) is 148 Å². The normalized spacial score (nSPS) is 34.9. The number of nitrogens with one attached hydrogen (secondary N) is 3. The Labute approximate surface area is 739 Å².